The second-order valence-electron chi connectivity index (χ2n) is 6.03. The Bertz CT molecular complexity index is 657. The maximum atomic E-state index is 12.5. The number of rotatable bonds is 9. The number of sulfonamides is 1. The topological polar surface area (TPSA) is 84.5 Å². The van der Waals surface area contributed by atoms with Crippen molar-refractivity contribution >= 4 is 15.9 Å². The number of nitrogens with one attached hydrogen (secondary N) is 2. The summed E-state index contributed by atoms with van der Waals surface area (Å²) < 4.78 is 33.0. The molecule has 0 aromatic heterocycles. The second-order valence-corrected chi connectivity index (χ2v) is 7.72. The molecule has 1 aromatic carbocycles. The zero-order valence-corrected chi connectivity index (χ0v) is 15.9. The highest BCUT2D eigenvalue weighted by Gasteiger charge is 2.23. The molecule has 0 heterocycles. The van der Waals surface area contributed by atoms with Crippen LogP contribution in [0, 0.1) is 0 Å². The van der Waals surface area contributed by atoms with E-state index >= 15 is 0 Å². The first-order chi connectivity index (χ1) is 11.2. The lowest BCUT2D eigenvalue weighted by atomic mass is 10.1. The van der Waals surface area contributed by atoms with E-state index in [1.54, 1.807) is 26.8 Å². The number of benzene rings is 1. The highest BCUT2D eigenvalue weighted by Crippen LogP contribution is 2.25. The van der Waals surface area contributed by atoms with Gasteiger partial charge in [0.05, 0.1) is 6.61 Å². The minimum atomic E-state index is -3.76. The zero-order valence-electron chi connectivity index (χ0n) is 15.0. The fraction of sp³-hybridized carbons (Fsp3) is 0.588. The first-order valence-electron chi connectivity index (χ1n) is 8.31. The fourth-order valence-corrected chi connectivity index (χ4v) is 3.74. The molecule has 7 heteroatoms. The van der Waals surface area contributed by atoms with Crippen molar-refractivity contribution in [3.63, 3.8) is 0 Å². The molecule has 0 unspecified atom stereocenters. The lowest BCUT2D eigenvalue weighted by Crippen LogP contribution is -2.33. The van der Waals surface area contributed by atoms with Gasteiger partial charge >= 0.3 is 0 Å². The molecule has 0 radical (unpaired) electrons. The Morgan fingerprint density at radius 2 is 1.88 bits per heavy atom. The Labute approximate surface area is 145 Å². The van der Waals surface area contributed by atoms with Crippen molar-refractivity contribution < 1.29 is 17.9 Å². The maximum Gasteiger partial charge on any atom is 0.251 e. The Kier molecular flexibility index (Phi) is 7.69. The zero-order chi connectivity index (χ0) is 18.3. The van der Waals surface area contributed by atoms with E-state index in [1.807, 2.05) is 13.8 Å². The van der Waals surface area contributed by atoms with Gasteiger partial charge in [0.2, 0.25) is 10.0 Å². The molecule has 0 spiro atoms. The molecule has 0 saturated heterocycles. The first kappa shape index (κ1) is 20.4. The van der Waals surface area contributed by atoms with Crippen LogP contribution in [0.5, 0.6) is 5.75 Å². The van der Waals surface area contributed by atoms with Crippen LogP contribution in [0.2, 0.25) is 0 Å². The van der Waals surface area contributed by atoms with Gasteiger partial charge in [-0.15, -0.1) is 0 Å². The maximum absolute atomic E-state index is 12.5. The lowest BCUT2D eigenvalue weighted by Gasteiger charge is -2.16. The Morgan fingerprint density at radius 3 is 2.42 bits per heavy atom. The monoisotopic (exact) mass is 356 g/mol. The van der Waals surface area contributed by atoms with E-state index in [0.717, 1.165) is 12.8 Å². The number of amides is 1. The molecule has 0 aliphatic rings. The lowest BCUT2D eigenvalue weighted by molar-refractivity contribution is 0.0938. The molecule has 6 nitrogen and oxygen atoms in total. The molecule has 1 amide bonds. The summed E-state index contributed by atoms with van der Waals surface area (Å²) in [4.78, 5) is 12.3. The third kappa shape index (κ3) is 5.79. The summed E-state index contributed by atoms with van der Waals surface area (Å²) >= 11 is 0. The van der Waals surface area contributed by atoms with Crippen molar-refractivity contribution in [2.24, 2.45) is 0 Å². The van der Waals surface area contributed by atoms with E-state index in [2.05, 4.69) is 10.0 Å². The Balaban J connectivity index is 3.19. The van der Waals surface area contributed by atoms with Crippen molar-refractivity contribution in [3.05, 3.63) is 23.8 Å². The summed E-state index contributed by atoms with van der Waals surface area (Å²) in [6.45, 7) is 9.56. The molecular formula is C17H28N2O4S. The van der Waals surface area contributed by atoms with E-state index in [9.17, 15) is 13.2 Å². The highest BCUT2D eigenvalue weighted by atomic mass is 32.2. The van der Waals surface area contributed by atoms with Gasteiger partial charge in [-0.25, -0.2) is 13.1 Å². The molecule has 0 saturated carbocycles. The number of hydrogen-bond donors (Lipinski definition) is 2. The summed E-state index contributed by atoms with van der Waals surface area (Å²) in [6.07, 6.45) is 1.82. The largest absolute Gasteiger partial charge is 0.492 e. The van der Waals surface area contributed by atoms with E-state index < -0.39 is 10.0 Å². The van der Waals surface area contributed by atoms with Gasteiger partial charge in [-0.05, 0) is 52.3 Å². The summed E-state index contributed by atoms with van der Waals surface area (Å²) in [6, 6.07) is 4.24. The minimum Gasteiger partial charge on any atom is -0.492 e. The normalized spacial score (nSPS) is 12.9. The predicted octanol–water partition coefficient (Wildman–Crippen LogP) is 2.69. The average Bonchev–Trinajstić information content (AvgIpc) is 2.46. The van der Waals surface area contributed by atoms with Crippen LogP contribution >= 0.6 is 0 Å². The van der Waals surface area contributed by atoms with E-state index in [0.29, 0.717) is 12.2 Å². The van der Waals surface area contributed by atoms with Gasteiger partial charge in [-0.3, -0.25) is 4.79 Å². The van der Waals surface area contributed by atoms with Crippen LogP contribution in [0.1, 0.15) is 57.8 Å². The molecule has 0 fully saturated rings. The molecule has 1 rings (SSSR count). The van der Waals surface area contributed by atoms with Gasteiger partial charge in [0.25, 0.3) is 5.91 Å². The van der Waals surface area contributed by atoms with Crippen LogP contribution in [0.15, 0.2) is 23.1 Å². The van der Waals surface area contributed by atoms with Crippen LogP contribution in [0.3, 0.4) is 0 Å². The molecule has 1 aromatic rings. The SMILES string of the molecule is CCC[C@H](C)NC(=O)c1ccc(OCC)c(S(=O)(=O)NC(C)C)c1. The highest BCUT2D eigenvalue weighted by molar-refractivity contribution is 7.89. The van der Waals surface area contributed by atoms with Gasteiger partial charge in [-0.2, -0.15) is 0 Å². The van der Waals surface area contributed by atoms with Gasteiger partial charge in [0.15, 0.2) is 0 Å². The molecule has 2 N–H and O–H groups in total. The first-order valence-corrected chi connectivity index (χ1v) is 9.79. The molecule has 136 valence electrons. The number of hydrogen-bond acceptors (Lipinski definition) is 4. The van der Waals surface area contributed by atoms with Crippen molar-refractivity contribution in [1.82, 2.24) is 10.0 Å². The van der Waals surface area contributed by atoms with Crippen LogP contribution in [-0.2, 0) is 10.0 Å². The summed E-state index contributed by atoms with van der Waals surface area (Å²) in [7, 11) is -3.76. The third-order valence-corrected chi connectivity index (χ3v) is 4.97. The van der Waals surface area contributed by atoms with E-state index in [1.165, 1.54) is 12.1 Å². The number of ether oxygens (including phenoxy) is 1. The van der Waals surface area contributed by atoms with Crippen LogP contribution < -0.4 is 14.8 Å². The van der Waals surface area contributed by atoms with Gasteiger partial charge in [0.1, 0.15) is 10.6 Å². The third-order valence-electron chi connectivity index (χ3n) is 3.29. The molecule has 0 bridgehead atoms. The average molecular weight is 356 g/mol. The Morgan fingerprint density at radius 1 is 1.21 bits per heavy atom. The predicted molar refractivity (Wildman–Crippen MR) is 94.9 cm³/mol. The Hall–Kier alpha value is -1.60. The van der Waals surface area contributed by atoms with Gasteiger partial charge in [-0.1, -0.05) is 13.3 Å². The second kappa shape index (κ2) is 9.03. The minimum absolute atomic E-state index is 0.0196. The number of carbonyl (C=O) groups is 1. The van der Waals surface area contributed by atoms with Crippen LogP contribution in [0.25, 0.3) is 0 Å². The standard InChI is InChI=1S/C17H28N2O4S/c1-6-8-13(5)18-17(20)14-9-10-15(23-7-2)16(11-14)24(21,22)19-12(3)4/h9-13,19H,6-8H2,1-5H3,(H,18,20)/t13-/m0/s1. The summed E-state index contributed by atoms with van der Waals surface area (Å²) in [5.41, 5.74) is 0.297. The summed E-state index contributed by atoms with van der Waals surface area (Å²) in [5, 5.41) is 2.87. The van der Waals surface area contributed by atoms with Crippen LogP contribution in [-0.4, -0.2) is 33.0 Å². The van der Waals surface area contributed by atoms with Gasteiger partial charge in [0, 0.05) is 17.6 Å². The fourth-order valence-electron chi connectivity index (χ4n) is 2.32. The molecule has 0 aliphatic carbocycles. The van der Waals surface area contributed by atoms with E-state index in [4.69, 9.17) is 4.74 Å². The van der Waals surface area contributed by atoms with E-state index in [-0.39, 0.29) is 28.6 Å². The summed E-state index contributed by atoms with van der Waals surface area (Å²) in [5.74, 6) is -0.0520. The quantitative estimate of drug-likeness (QED) is 0.712. The van der Waals surface area contributed by atoms with Gasteiger partial charge < -0.3 is 10.1 Å². The molecule has 0 aliphatic heterocycles. The molecular weight excluding hydrogens is 328 g/mol. The van der Waals surface area contributed by atoms with Crippen molar-refractivity contribution in [2.75, 3.05) is 6.61 Å². The van der Waals surface area contributed by atoms with Crippen molar-refractivity contribution in [3.8, 4) is 5.75 Å². The molecule has 24 heavy (non-hydrogen) atoms. The van der Waals surface area contributed by atoms with Crippen molar-refractivity contribution in [1.29, 1.82) is 0 Å². The number of carbonyl (C=O) groups excluding carboxylic acids is 1. The smallest absolute Gasteiger partial charge is 0.251 e. The van der Waals surface area contributed by atoms with Crippen molar-refractivity contribution in [2.45, 2.75) is 64.4 Å². The molecule has 1 atom stereocenters. The van der Waals surface area contributed by atoms with Crippen LogP contribution in [0.4, 0.5) is 0 Å².